The average Bonchev–Trinajstić information content (AvgIpc) is 3.04. The minimum atomic E-state index is -0.496. The van der Waals surface area contributed by atoms with Crippen LogP contribution in [0.4, 0.5) is 21.3 Å². The molecule has 0 atom stereocenters. The molecule has 0 radical (unpaired) electrons. The van der Waals surface area contributed by atoms with Crippen LogP contribution in [0.1, 0.15) is 0 Å². The van der Waals surface area contributed by atoms with Crippen molar-refractivity contribution in [1.82, 2.24) is 4.98 Å². The molecule has 3 rings (SSSR count). The molecule has 0 aliphatic carbocycles. The van der Waals surface area contributed by atoms with Gasteiger partial charge in [-0.1, -0.05) is 41.7 Å². The third-order valence-electron chi connectivity index (χ3n) is 3.12. The molecule has 0 saturated heterocycles. The molecule has 7 nitrogen and oxygen atoms in total. The molecule has 3 aromatic rings. The van der Waals surface area contributed by atoms with Crippen LogP contribution in [0.2, 0.25) is 0 Å². The zero-order valence-corrected chi connectivity index (χ0v) is 13.1. The fourth-order valence-corrected chi connectivity index (χ4v) is 2.81. The maximum Gasteiger partial charge on any atom is 0.325 e. The number of amides is 2. The van der Waals surface area contributed by atoms with Crippen molar-refractivity contribution in [2.45, 2.75) is 0 Å². The molecule has 2 amide bonds. The fraction of sp³-hybridized carbons (Fsp3) is 0. The van der Waals surface area contributed by atoms with Crippen LogP contribution < -0.4 is 10.6 Å². The van der Waals surface area contributed by atoms with Crippen LogP contribution in [0.25, 0.3) is 10.4 Å². The molecule has 0 aliphatic rings. The highest BCUT2D eigenvalue weighted by Gasteiger charge is 2.09. The summed E-state index contributed by atoms with van der Waals surface area (Å²) in [4.78, 5) is 27.2. The number of nitrogens with one attached hydrogen (secondary N) is 2. The minimum Gasteiger partial charge on any atom is -0.308 e. The lowest BCUT2D eigenvalue weighted by Crippen LogP contribution is -2.19. The van der Waals surface area contributed by atoms with E-state index in [1.807, 2.05) is 30.3 Å². The van der Waals surface area contributed by atoms with Crippen molar-refractivity contribution >= 4 is 33.9 Å². The molecular weight excluding hydrogens is 328 g/mol. The van der Waals surface area contributed by atoms with Gasteiger partial charge in [-0.2, -0.15) is 0 Å². The van der Waals surface area contributed by atoms with Gasteiger partial charge < -0.3 is 5.32 Å². The minimum absolute atomic E-state index is 0.0339. The van der Waals surface area contributed by atoms with Gasteiger partial charge in [0.05, 0.1) is 9.80 Å². The number of nitro benzene ring substituents is 1. The Balaban J connectivity index is 1.63. The molecule has 0 bridgehead atoms. The third-order valence-corrected chi connectivity index (χ3v) is 4.08. The van der Waals surface area contributed by atoms with E-state index in [2.05, 4.69) is 15.6 Å². The van der Waals surface area contributed by atoms with Gasteiger partial charge in [-0.3, -0.25) is 15.4 Å². The lowest BCUT2D eigenvalue weighted by atomic mass is 10.2. The second-order valence-electron chi connectivity index (χ2n) is 4.78. The van der Waals surface area contributed by atoms with E-state index < -0.39 is 11.0 Å². The lowest BCUT2D eigenvalue weighted by Gasteiger charge is -2.04. The highest BCUT2D eigenvalue weighted by atomic mass is 32.1. The third kappa shape index (κ3) is 3.73. The van der Waals surface area contributed by atoms with Gasteiger partial charge in [-0.25, -0.2) is 9.78 Å². The van der Waals surface area contributed by atoms with Crippen LogP contribution in [0.5, 0.6) is 0 Å². The maximum absolute atomic E-state index is 12.0. The number of hydrogen-bond donors (Lipinski definition) is 2. The molecule has 1 aromatic heterocycles. The molecule has 2 N–H and O–H groups in total. The molecule has 0 aliphatic heterocycles. The highest BCUT2D eigenvalue weighted by molar-refractivity contribution is 7.19. The Bertz CT molecular complexity index is 863. The van der Waals surface area contributed by atoms with Crippen molar-refractivity contribution in [3.8, 4) is 10.4 Å². The Morgan fingerprint density at radius 1 is 1.04 bits per heavy atom. The van der Waals surface area contributed by atoms with Gasteiger partial charge in [-0.05, 0) is 17.7 Å². The van der Waals surface area contributed by atoms with Crippen molar-refractivity contribution in [1.29, 1.82) is 0 Å². The van der Waals surface area contributed by atoms with Crippen molar-refractivity contribution < 1.29 is 9.72 Å². The van der Waals surface area contributed by atoms with Gasteiger partial charge in [0.2, 0.25) is 0 Å². The van der Waals surface area contributed by atoms with Crippen molar-refractivity contribution in [2.24, 2.45) is 0 Å². The normalized spacial score (nSPS) is 10.2. The predicted octanol–water partition coefficient (Wildman–Crippen LogP) is 4.36. The van der Waals surface area contributed by atoms with Crippen LogP contribution in [0.15, 0.2) is 60.8 Å². The summed E-state index contributed by atoms with van der Waals surface area (Å²) in [5.41, 5.74) is 1.45. The predicted molar refractivity (Wildman–Crippen MR) is 93.3 cm³/mol. The average molecular weight is 340 g/mol. The van der Waals surface area contributed by atoms with Crippen LogP contribution in [0, 0.1) is 10.1 Å². The first kappa shape index (κ1) is 15.6. The van der Waals surface area contributed by atoms with E-state index >= 15 is 0 Å². The first-order chi connectivity index (χ1) is 11.6. The largest absolute Gasteiger partial charge is 0.325 e. The Hall–Kier alpha value is -3.26. The first-order valence-electron chi connectivity index (χ1n) is 6.95. The molecule has 0 fully saturated rings. The van der Waals surface area contributed by atoms with Crippen LogP contribution in [-0.4, -0.2) is 15.9 Å². The molecule has 24 heavy (non-hydrogen) atoms. The Labute approximate surface area is 141 Å². The van der Waals surface area contributed by atoms with E-state index in [4.69, 9.17) is 0 Å². The maximum atomic E-state index is 12.0. The zero-order valence-electron chi connectivity index (χ0n) is 12.3. The molecule has 0 saturated carbocycles. The van der Waals surface area contributed by atoms with E-state index in [0.29, 0.717) is 10.8 Å². The number of non-ortho nitro benzene ring substituents is 1. The summed E-state index contributed by atoms with van der Waals surface area (Å²) in [5, 5.41) is 16.3. The van der Waals surface area contributed by atoms with Gasteiger partial charge >= 0.3 is 6.03 Å². The standard InChI is InChI=1S/C16H12N4O3S/c21-15(18-12-6-8-13(9-7-12)20(22)23)19-16-17-10-14(24-16)11-4-2-1-3-5-11/h1-10H,(H2,17,18,19,21). The monoisotopic (exact) mass is 340 g/mol. The molecule has 0 unspecified atom stereocenters. The number of rotatable bonds is 4. The van der Waals surface area contributed by atoms with Gasteiger partial charge in [0.25, 0.3) is 5.69 Å². The number of nitro groups is 1. The number of carbonyl (C=O) groups excluding carboxylic acids is 1. The smallest absolute Gasteiger partial charge is 0.308 e. The van der Waals surface area contributed by atoms with Crippen molar-refractivity contribution in [3.63, 3.8) is 0 Å². The number of aromatic nitrogens is 1. The number of anilines is 2. The number of benzene rings is 2. The first-order valence-corrected chi connectivity index (χ1v) is 7.77. The summed E-state index contributed by atoms with van der Waals surface area (Å²) in [5.74, 6) is 0. The van der Waals surface area contributed by atoms with Gasteiger partial charge in [0, 0.05) is 24.0 Å². The SMILES string of the molecule is O=C(Nc1ccc([N+](=O)[O-])cc1)Nc1ncc(-c2ccccc2)s1. The summed E-state index contributed by atoms with van der Waals surface area (Å²) in [7, 11) is 0. The van der Waals surface area contributed by atoms with Crippen molar-refractivity contribution in [3.05, 3.63) is 70.9 Å². The second-order valence-corrected chi connectivity index (χ2v) is 5.81. The number of thiazole rings is 1. The Kier molecular flexibility index (Phi) is 4.48. The van der Waals surface area contributed by atoms with Gasteiger partial charge in [0.1, 0.15) is 0 Å². The number of carbonyl (C=O) groups is 1. The number of nitrogens with zero attached hydrogens (tertiary/aromatic N) is 2. The van der Waals surface area contributed by atoms with Gasteiger partial charge in [-0.15, -0.1) is 0 Å². The van der Waals surface area contributed by atoms with E-state index in [1.165, 1.54) is 35.6 Å². The van der Waals surface area contributed by atoms with Crippen LogP contribution in [0.3, 0.4) is 0 Å². The Morgan fingerprint density at radius 3 is 2.42 bits per heavy atom. The van der Waals surface area contributed by atoms with Crippen LogP contribution >= 0.6 is 11.3 Å². The number of hydrogen-bond acceptors (Lipinski definition) is 5. The Morgan fingerprint density at radius 2 is 1.75 bits per heavy atom. The van der Waals surface area contributed by atoms with E-state index in [-0.39, 0.29) is 5.69 Å². The van der Waals surface area contributed by atoms with E-state index in [1.54, 1.807) is 6.20 Å². The summed E-state index contributed by atoms with van der Waals surface area (Å²) < 4.78 is 0. The molecule has 0 spiro atoms. The van der Waals surface area contributed by atoms with Crippen LogP contribution in [-0.2, 0) is 0 Å². The lowest BCUT2D eigenvalue weighted by molar-refractivity contribution is -0.384. The summed E-state index contributed by atoms with van der Waals surface area (Å²) in [6.45, 7) is 0. The second kappa shape index (κ2) is 6.88. The highest BCUT2D eigenvalue weighted by Crippen LogP contribution is 2.28. The molecule has 1 heterocycles. The quantitative estimate of drug-likeness (QED) is 0.544. The summed E-state index contributed by atoms with van der Waals surface area (Å²) >= 11 is 1.36. The fourth-order valence-electron chi connectivity index (χ4n) is 1.99. The molecule has 120 valence electrons. The summed E-state index contributed by atoms with van der Waals surface area (Å²) in [6, 6.07) is 14.9. The zero-order chi connectivity index (χ0) is 16.9. The topological polar surface area (TPSA) is 97.2 Å². The molecular formula is C16H12N4O3S. The van der Waals surface area contributed by atoms with E-state index in [9.17, 15) is 14.9 Å². The number of urea groups is 1. The molecule has 8 heteroatoms. The van der Waals surface area contributed by atoms with E-state index in [0.717, 1.165) is 10.4 Å². The van der Waals surface area contributed by atoms with Gasteiger partial charge in [0.15, 0.2) is 5.13 Å². The molecule has 2 aromatic carbocycles. The van der Waals surface area contributed by atoms with Crippen molar-refractivity contribution in [2.75, 3.05) is 10.6 Å². The summed E-state index contributed by atoms with van der Waals surface area (Å²) in [6.07, 6.45) is 1.70.